The van der Waals surface area contributed by atoms with Gasteiger partial charge in [0.25, 0.3) is 0 Å². The van der Waals surface area contributed by atoms with Crippen LogP contribution in [-0.4, -0.2) is 15.2 Å². The van der Waals surface area contributed by atoms with Gasteiger partial charge in [-0.2, -0.15) is 13.2 Å². The molecule has 2 heterocycles. The first-order valence-electron chi connectivity index (χ1n) is 7.08. The second-order valence-corrected chi connectivity index (χ2v) is 6.21. The average molecular weight is 332 g/mol. The summed E-state index contributed by atoms with van der Waals surface area (Å²) >= 11 is 0.575. The van der Waals surface area contributed by atoms with Crippen molar-refractivity contribution in [3.8, 4) is 0 Å². The summed E-state index contributed by atoms with van der Waals surface area (Å²) in [7, 11) is 0. The van der Waals surface area contributed by atoms with E-state index < -0.39 is 11.2 Å². The fourth-order valence-electron chi connectivity index (χ4n) is 2.55. The molecule has 1 fully saturated rings. The Morgan fingerprint density at radius 2 is 2.05 bits per heavy atom. The van der Waals surface area contributed by atoms with Crippen molar-refractivity contribution in [1.82, 2.24) is 15.2 Å². The van der Waals surface area contributed by atoms with Crippen molar-refractivity contribution in [3.05, 3.63) is 22.0 Å². The summed E-state index contributed by atoms with van der Waals surface area (Å²) in [6, 6.07) is 0.217. The number of nitrogens with one attached hydrogen (secondary N) is 1. The SMILES string of the molecule is FC(F)(F)c1nc(CNc2nnc(CC3CCCC3)o2)cs1. The van der Waals surface area contributed by atoms with Crippen LogP contribution in [0.15, 0.2) is 9.80 Å². The lowest BCUT2D eigenvalue weighted by Gasteiger charge is -2.03. The summed E-state index contributed by atoms with van der Waals surface area (Å²) in [6.07, 6.45) is 1.23. The molecule has 0 radical (unpaired) electrons. The molecular weight excluding hydrogens is 317 g/mol. The number of aromatic nitrogens is 3. The Balaban J connectivity index is 1.53. The van der Waals surface area contributed by atoms with Crippen LogP contribution in [-0.2, 0) is 19.1 Å². The van der Waals surface area contributed by atoms with Gasteiger partial charge in [-0.3, -0.25) is 0 Å². The fourth-order valence-corrected chi connectivity index (χ4v) is 3.24. The van der Waals surface area contributed by atoms with Gasteiger partial charge in [-0.15, -0.1) is 16.4 Å². The second kappa shape index (κ2) is 6.23. The zero-order chi connectivity index (χ0) is 15.6. The molecule has 0 saturated heterocycles. The van der Waals surface area contributed by atoms with E-state index in [1.165, 1.54) is 31.1 Å². The highest BCUT2D eigenvalue weighted by molar-refractivity contribution is 7.09. The minimum atomic E-state index is -4.40. The van der Waals surface area contributed by atoms with Gasteiger partial charge in [-0.05, 0) is 18.8 Å². The predicted octanol–water partition coefficient (Wildman–Crippen LogP) is 3.89. The molecule has 0 aromatic carbocycles. The average Bonchev–Trinajstić information content (AvgIpc) is 3.17. The van der Waals surface area contributed by atoms with E-state index in [1.54, 1.807) is 0 Å². The van der Waals surface area contributed by atoms with E-state index in [2.05, 4.69) is 20.5 Å². The van der Waals surface area contributed by atoms with Crippen molar-refractivity contribution in [1.29, 1.82) is 0 Å². The highest BCUT2D eigenvalue weighted by atomic mass is 32.1. The van der Waals surface area contributed by atoms with Crippen LogP contribution in [0.5, 0.6) is 0 Å². The summed E-state index contributed by atoms with van der Waals surface area (Å²) in [4.78, 5) is 3.53. The van der Waals surface area contributed by atoms with Crippen LogP contribution in [0.3, 0.4) is 0 Å². The van der Waals surface area contributed by atoms with Crippen molar-refractivity contribution in [2.45, 2.75) is 44.8 Å². The maximum atomic E-state index is 12.4. The molecule has 2 aromatic rings. The maximum Gasteiger partial charge on any atom is 0.443 e. The van der Waals surface area contributed by atoms with E-state index >= 15 is 0 Å². The molecule has 1 N–H and O–H groups in total. The maximum absolute atomic E-state index is 12.4. The van der Waals surface area contributed by atoms with E-state index in [-0.39, 0.29) is 12.6 Å². The summed E-state index contributed by atoms with van der Waals surface area (Å²) in [5.74, 6) is 1.17. The molecule has 9 heteroatoms. The second-order valence-electron chi connectivity index (χ2n) is 5.35. The zero-order valence-corrected chi connectivity index (χ0v) is 12.5. The number of thiazole rings is 1. The molecule has 0 bridgehead atoms. The Morgan fingerprint density at radius 1 is 1.27 bits per heavy atom. The molecule has 5 nitrogen and oxygen atoms in total. The van der Waals surface area contributed by atoms with E-state index in [0.717, 1.165) is 6.42 Å². The number of anilines is 1. The lowest BCUT2D eigenvalue weighted by atomic mass is 10.0. The number of halogens is 3. The zero-order valence-electron chi connectivity index (χ0n) is 11.7. The van der Waals surface area contributed by atoms with Crippen LogP contribution in [0.2, 0.25) is 0 Å². The number of hydrogen-bond acceptors (Lipinski definition) is 6. The normalized spacial score (nSPS) is 16.3. The minimum Gasteiger partial charge on any atom is -0.408 e. The third kappa shape index (κ3) is 3.76. The van der Waals surface area contributed by atoms with Gasteiger partial charge in [0.1, 0.15) is 0 Å². The minimum absolute atomic E-state index is 0.123. The summed E-state index contributed by atoms with van der Waals surface area (Å²) < 4.78 is 42.8. The Labute approximate surface area is 129 Å². The first-order chi connectivity index (χ1) is 10.5. The number of nitrogens with zero attached hydrogens (tertiary/aromatic N) is 3. The van der Waals surface area contributed by atoms with Crippen molar-refractivity contribution >= 4 is 17.4 Å². The van der Waals surface area contributed by atoms with Crippen LogP contribution in [0.25, 0.3) is 0 Å². The van der Waals surface area contributed by atoms with Crippen LogP contribution < -0.4 is 5.32 Å². The molecular formula is C13H15F3N4OS. The van der Waals surface area contributed by atoms with Gasteiger partial charge in [0.05, 0.1) is 12.2 Å². The van der Waals surface area contributed by atoms with Crippen LogP contribution in [0, 0.1) is 5.92 Å². The summed E-state index contributed by atoms with van der Waals surface area (Å²) in [6.45, 7) is 0.123. The van der Waals surface area contributed by atoms with Gasteiger partial charge in [-0.1, -0.05) is 17.9 Å². The molecule has 0 amide bonds. The highest BCUT2D eigenvalue weighted by Gasteiger charge is 2.34. The Kier molecular flexibility index (Phi) is 4.32. The van der Waals surface area contributed by atoms with Crippen molar-refractivity contribution in [3.63, 3.8) is 0 Å². The number of alkyl halides is 3. The fraction of sp³-hybridized carbons (Fsp3) is 0.615. The molecule has 120 valence electrons. The molecule has 1 aliphatic rings. The van der Waals surface area contributed by atoms with Crippen LogP contribution >= 0.6 is 11.3 Å². The Morgan fingerprint density at radius 3 is 2.73 bits per heavy atom. The smallest absolute Gasteiger partial charge is 0.408 e. The van der Waals surface area contributed by atoms with Gasteiger partial charge in [0.2, 0.25) is 5.89 Å². The van der Waals surface area contributed by atoms with Crippen LogP contribution in [0.1, 0.15) is 42.3 Å². The monoisotopic (exact) mass is 332 g/mol. The third-order valence-electron chi connectivity index (χ3n) is 3.62. The lowest BCUT2D eigenvalue weighted by molar-refractivity contribution is -0.137. The number of rotatable bonds is 5. The topological polar surface area (TPSA) is 63.8 Å². The predicted molar refractivity (Wildman–Crippen MR) is 74.4 cm³/mol. The highest BCUT2D eigenvalue weighted by Crippen LogP contribution is 2.32. The molecule has 0 spiro atoms. The molecule has 2 aromatic heterocycles. The molecule has 1 saturated carbocycles. The summed E-state index contributed by atoms with van der Waals surface area (Å²) in [5, 5.41) is 11.1. The first-order valence-corrected chi connectivity index (χ1v) is 7.96. The quantitative estimate of drug-likeness (QED) is 0.900. The summed E-state index contributed by atoms with van der Waals surface area (Å²) in [5.41, 5.74) is 0.299. The largest absolute Gasteiger partial charge is 0.443 e. The van der Waals surface area contributed by atoms with Gasteiger partial charge in [0.15, 0.2) is 5.01 Å². The molecule has 3 rings (SSSR count). The van der Waals surface area contributed by atoms with Gasteiger partial charge in [-0.25, -0.2) is 4.98 Å². The first kappa shape index (κ1) is 15.3. The Hall–Kier alpha value is -1.64. The molecule has 1 aliphatic carbocycles. The van der Waals surface area contributed by atoms with E-state index in [9.17, 15) is 13.2 Å². The van der Waals surface area contributed by atoms with Crippen molar-refractivity contribution < 1.29 is 17.6 Å². The van der Waals surface area contributed by atoms with E-state index in [0.29, 0.717) is 28.8 Å². The third-order valence-corrected chi connectivity index (χ3v) is 4.56. The molecule has 22 heavy (non-hydrogen) atoms. The standard InChI is InChI=1S/C13H15F3N4OS/c14-13(15,16)11-18-9(7-22-11)6-17-12-20-19-10(21-12)5-8-3-1-2-4-8/h7-8H,1-6H2,(H,17,20). The van der Waals surface area contributed by atoms with Gasteiger partial charge >= 0.3 is 12.2 Å². The van der Waals surface area contributed by atoms with E-state index in [4.69, 9.17) is 4.42 Å². The molecule has 0 atom stereocenters. The Bertz CT molecular complexity index is 619. The van der Waals surface area contributed by atoms with Crippen LogP contribution in [0.4, 0.5) is 19.2 Å². The van der Waals surface area contributed by atoms with E-state index in [1.807, 2.05) is 0 Å². The lowest BCUT2D eigenvalue weighted by Crippen LogP contribution is -2.05. The molecule has 0 unspecified atom stereocenters. The number of hydrogen-bond donors (Lipinski definition) is 1. The van der Waals surface area contributed by atoms with Crippen molar-refractivity contribution in [2.75, 3.05) is 5.32 Å². The van der Waals surface area contributed by atoms with Gasteiger partial charge < -0.3 is 9.73 Å². The van der Waals surface area contributed by atoms with Gasteiger partial charge in [0, 0.05) is 11.8 Å². The molecule has 0 aliphatic heterocycles. The van der Waals surface area contributed by atoms with Crippen molar-refractivity contribution in [2.24, 2.45) is 5.92 Å².